The Morgan fingerprint density at radius 3 is 1.53 bits per heavy atom. The molecule has 3 nitrogen and oxygen atoms in total. The summed E-state index contributed by atoms with van der Waals surface area (Å²) < 4.78 is 2.50. The highest BCUT2D eigenvalue weighted by Gasteiger charge is 2.27. The molecule has 10 aromatic rings. The molecule has 8 aromatic carbocycles. The molecule has 0 radical (unpaired) electrons. The average molecular weight is 720 g/mol. The minimum absolute atomic E-state index is 0.782. The molecule has 4 heteroatoms. The van der Waals surface area contributed by atoms with Gasteiger partial charge in [-0.25, -0.2) is 0 Å². The number of nitrogens with zero attached hydrogens (tertiary/aromatic N) is 3. The fraction of sp³-hybridized carbons (Fsp3) is 0. The van der Waals surface area contributed by atoms with Crippen LogP contribution in [0.2, 0.25) is 0 Å². The van der Waals surface area contributed by atoms with Crippen LogP contribution in [-0.2, 0) is 0 Å². The second-order valence-electron chi connectivity index (χ2n) is 13.6. The Labute approximate surface area is 323 Å². The van der Waals surface area contributed by atoms with Gasteiger partial charge in [-0.3, -0.25) is 0 Å². The fourth-order valence-electron chi connectivity index (χ4n) is 7.96. The van der Waals surface area contributed by atoms with Crippen molar-refractivity contribution < 1.29 is 0 Å². The summed E-state index contributed by atoms with van der Waals surface area (Å²) in [4.78, 5) is 0. The molecule has 0 N–H and O–H groups in total. The van der Waals surface area contributed by atoms with Crippen LogP contribution in [0.15, 0.2) is 200 Å². The van der Waals surface area contributed by atoms with Gasteiger partial charge in [0.1, 0.15) is 11.4 Å². The zero-order valence-electron chi connectivity index (χ0n) is 29.8. The van der Waals surface area contributed by atoms with E-state index in [4.69, 9.17) is 10.2 Å². The summed E-state index contributed by atoms with van der Waals surface area (Å²) in [5, 5.41) is 16.9. The second kappa shape index (κ2) is 14.1. The van der Waals surface area contributed by atoms with Gasteiger partial charge in [-0.2, -0.15) is 0 Å². The molecule has 0 aliphatic carbocycles. The number of benzene rings is 8. The fourth-order valence-corrected chi connectivity index (χ4v) is 9.07. The predicted octanol–water partition coefficient (Wildman–Crippen LogP) is 13.9. The van der Waals surface area contributed by atoms with Crippen molar-refractivity contribution in [3.8, 4) is 78.1 Å². The highest BCUT2D eigenvalue weighted by molar-refractivity contribution is 7.26. The maximum Gasteiger partial charge on any atom is 0.106 e. The summed E-state index contributed by atoms with van der Waals surface area (Å²) >= 11 is 1.84. The van der Waals surface area contributed by atoms with Crippen molar-refractivity contribution in [1.82, 2.24) is 15.4 Å². The van der Waals surface area contributed by atoms with Gasteiger partial charge in [-0.1, -0.05) is 188 Å². The molecule has 2 heterocycles. The lowest BCUT2D eigenvalue weighted by Crippen LogP contribution is -2.03. The Bertz CT molecular complexity index is 2960. The minimum atomic E-state index is 0.782. The molecule has 0 amide bonds. The van der Waals surface area contributed by atoms with Crippen molar-refractivity contribution in [2.24, 2.45) is 0 Å². The summed E-state index contributed by atoms with van der Waals surface area (Å²) in [6, 6.07) is 71.0. The van der Waals surface area contributed by atoms with E-state index in [2.05, 4.69) is 199 Å². The lowest BCUT2D eigenvalue weighted by Gasteiger charge is -2.22. The molecule has 0 fully saturated rings. The van der Waals surface area contributed by atoms with Crippen molar-refractivity contribution in [3.63, 3.8) is 0 Å². The number of thiophene rings is 1. The molecular formula is C51H33N3S. The first kappa shape index (κ1) is 32.6. The molecular weight excluding hydrogens is 687 g/mol. The molecule has 55 heavy (non-hydrogen) atoms. The van der Waals surface area contributed by atoms with E-state index < -0.39 is 0 Å². The van der Waals surface area contributed by atoms with Crippen molar-refractivity contribution in [2.45, 2.75) is 0 Å². The predicted molar refractivity (Wildman–Crippen MR) is 231 cm³/mol. The molecule has 10 rings (SSSR count). The molecule has 2 aromatic heterocycles. The van der Waals surface area contributed by atoms with E-state index in [1.165, 1.54) is 25.7 Å². The zero-order chi connectivity index (χ0) is 36.6. The summed E-state index contributed by atoms with van der Waals surface area (Å²) in [7, 11) is 0. The summed E-state index contributed by atoms with van der Waals surface area (Å²) in [5.74, 6) is 0. The van der Waals surface area contributed by atoms with E-state index in [-0.39, 0.29) is 0 Å². The van der Waals surface area contributed by atoms with Crippen molar-refractivity contribution in [3.05, 3.63) is 200 Å². The first-order chi connectivity index (χ1) is 27.3. The highest BCUT2D eigenvalue weighted by Crippen LogP contribution is 2.52. The van der Waals surface area contributed by atoms with Gasteiger partial charge >= 0.3 is 0 Å². The summed E-state index contributed by atoms with van der Waals surface area (Å²) in [5.41, 5.74) is 14.6. The number of hydrogen-bond donors (Lipinski definition) is 0. The monoisotopic (exact) mass is 719 g/mol. The second-order valence-corrected chi connectivity index (χ2v) is 14.6. The third kappa shape index (κ3) is 5.81. The van der Waals surface area contributed by atoms with Crippen molar-refractivity contribution in [2.75, 3.05) is 0 Å². The van der Waals surface area contributed by atoms with E-state index in [1.807, 2.05) is 17.4 Å². The first-order valence-corrected chi connectivity index (χ1v) is 19.3. The van der Waals surface area contributed by atoms with Crippen LogP contribution in [0.3, 0.4) is 0 Å². The number of aromatic nitrogens is 3. The van der Waals surface area contributed by atoms with Gasteiger partial charge < -0.3 is 0 Å². The molecule has 258 valence electrons. The lowest BCUT2D eigenvalue weighted by atomic mass is 9.81. The Morgan fingerprint density at radius 1 is 0.291 bits per heavy atom. The van der Waals surface area contributed by atoms with Crippen molar-refractivity contribution in [1.29, 1.82) is 0 Å². The van der Waals surface area contributed by atoms with Crippen LogP contribution in [0.1, 0.15) is 0 Å². The quantitative estimate of drug-likeness (QED) is 0.165. The third-order valence-corrected chi connectivity index (χ3v) is 11.5. The molecule has 0 saturated carbocycles. The van der Waals surface area contributed by atoms with Crippen LogP contribution in [0.5, 0.6) is 0 Å². The Hall–Kier alpha value is -7.01. The van der Waals surface area contributed by atoms with E-state index in [9.17, 15) is 0 Å². The molecule has 0 aliphatic heterocycles. The lowest BCUT2D eigenvalue weighted by molar-refractivity contribution is 0.879. The number of hydrogen-bond acceptors (Lipinski definition) is 4. The SMILES string of the molecule is c1ccc(-c2ccccc2-c2cccc(-c3c(-c4ccccc4)ccc4sc5ccccc5c34)c2-c2nnnc(-c3ccccc3)c2-c2ccccc2)cc1. The molecule has 0 aliphatic rings. The molecule has 0 saturated heterocycles. The van der Waals surface area contributed by atoms with Gasteiger partial charge in [0, 0.05) is 36.9 Å². The van der Waals surface area contributed by atoms with E-state index in [0.29, 0.717) is 0 Å². The Morgan fingerprint density at radius 2 is 0.818 bits per heavy atom. The molecule has 0 bridgehead atoms. The van der Waals surface area contributed by atoms with Crippen LogP contribution < -0.4 is 0 Å². The van der Waals surface area contributed by atoms with Gasteiger partial charge in [-0.05, 0) is 67.4 Å². The number of fused-ring (bicyclic) bond motifs is 3. The van der Waals surface area contributed by atoms with Gasteiger partial charge in [0.25, 0.3) is 0 Å². The van der Waals surface area contributed by atoms with Crippen molar-refractivity contribution >= 4 is 31.5 Å². The van der Waals surface area contributed by atoms with Crippen LogP contribution in [-0.4, -0.2) is 15.4 Å². The van der Waals surface area contributed by atoms with Gasteiger partial charge in [0.2, 0.25) is 0 Å². The maximum absolute atomic E-state index is 5.06. The smallest absolute Gasteiger partial charge is 0.106 e. The van der Waals surface area contributed by atoms with Crippen LogP contribution in [0.4, 0.5) is 0 Å². The topological polar surface area (TPSA) is 38.7 Å². The molecule has 0 unspecified atom stereocenters. The first-order valence-electron chi connectivity index (χ1n) is 18.5. The summed E-state index contributed by atoms with van der Waals surface area (Å²) in [6.45, 7) is 0. The molecule has 0 spiro atoms. The maximum atomic E-state index is 5.06. The average Bonchev–Trinajstić information content (AvgIpc) is 3.66. The summed E-state index contributed by atoms with van der Waals surface area (Å²) in [6.07, 6.45) is 0. The van der Waals surface area contributed by atoms with Crippen LogP contribution in [0, 0.1) is 0 Å². The number of rotatable bonds is 7. The standard InChI is InChI=1S/C51H33N3S/c1-5-18-34(19-6-1)38-26-13-14-27-40(38)41-29-17-30-43(47-39(35-20-7-2-8-21-35)32-33-45-49(47)42-28-15-16-31-44(42)55-45)48(41)51-46(36-22-9-3-10-23-36)50(52-54-53-51)37-24-11-4-12-25-37/h1-33H. The Kier molecular flexibility index (Phi) is 8.36. The minimum Gasteiger partial charge on any atom is -0.135 e. The van der Waals surface area contributed by atoms with Crippen LogP contribution >= 0.6 is 11.3 Å². The van der Waals surface area contributed by atoms with Crippen LogP contribution in [0.25, 0.3) is 98.3 Å². The zero-order valence-corrected chi connectivity index (χ0v) is 30.6. The Balaban J connectivity index is 1.40. The highest BCUT2D eigenvalue weighted by atomic mass is 32.1. The molecule has 0 atom stereocenters. The van der Waals surface area contributed by atoms with Gasteiger partial charge in [0.15, 0.2) is 0 Å². The van der Waals surface area contributed by atoms with E-state index in [1.54, 1.807) is 0 Å². The van der Waals surface area contributed by atoms with Gasteiger partial charge in [-0.15, -0.1) is 21.5 Å². The largest absolute Gasteiger partial charge is 0.135 e. The normalized spacial score (nSPS) is 11.3. The third-order valence-electron chi connectivity index (χ3n) is 10.4. The van der Waals surface area contributed by atoms with E-state index in [0.717, 1.165) is 72.6 Å². The van der Waals surface area contributed by atoms with E-state index >= 15 is 0 Å². The van der Waals surface area contributed by atoms with Gasteiger partial charge in [0.05, 0.1) is 0 Å².